The van der Waals surface area contributed by atoms with Gasteiger partial charge in [-0.3, -0.25) is 0 Å². The minimum absolute atomic E-state index is 0.338. The quantitative estimate of drug-likeness (QED) is 0.666. The van der Waals surface area contributed by atoms with E-state index in [0.29, 0.717) is 36.9 Å². The predicted octanol–water partition coefficient (Wildman–Crippen LogP) is 1.79. The third-order valence-electron chi connectivity index (χ3n) is 4.81. The fourth-order valence-corrected chi connectivity index (χ4v) is 4.59. The van der Waals surface area contributed by atoms with Gasteiger partial charge in [0.2, 0.25) is 10.0 Å². The SMILES string of the molecule is Cc1ccc(S(=O)(=O)N2CCN(c3ccc(-n4ccc(C)n4)nn3)CC2)cc1. The molecule has 1 aliphatic rings. The van der Waals surface area contributed by atoms with Crippen molar-refractivity contribution in [1.82, 2.24) is 24.3 Å². The number of anilines is 1. The zero-order chi connectivity index (χ0) is 19.7. The summed E-state index contributed by atoms with van der Waals surface area (Å²) in [6.45, 7) is 5.83. The van der Waals surface area contributed by atoms with E-state index in [9.17, 15) is 8.42 Å². The van der Waals surface area contributed by atoms with Crippen molar-refractivity contribution in [3.05, 3.63) is 59.9 Å². The first kappa shape index (κ1) is 18.6. The summed E-state index contributed by atoms with van der Waals surface area (Å²) < 4.78 is 28.8. The summed E-state index contributed by atoms with van der Waals surface area (Å²) in [5, 5.41) is 12.8. The first-order valence-electron chi connectivity index (χ1n) is 9.12. The van der Waals surface area contributed by atoms with Crippen LogP contribution in [0.1, 0.15) is 11.3 Å². The van der Waals surface area contributed by atoms with E-state index >= 15 is 0 Å². The number of aromatic nitrogens is 4. The number of nitrogens with zero attached hydrogens (tertiary/aromatic N) is 6. The first-order valence-corrected chi connectivity index (χ1v) is 10.6. The molecule has 0 amide bonds. The Morgan fingerprint density at radius 2 is 1.46 bits per heavy atom. The lowest BCUT2D eigenvalue weighted by Gasteiger charge is -2.34. The first-order chi connectivity index (χ1) is 13.4. The van der Waals surface area contributed by atoms with Crippen molar-refractivity contribution in [3.63, 3.8) is 0 Å². The van der Waals surface area contributed by atoms with Crippen LogP contribution in [0.3, 0.4) is 0 Å². The van der Waals surface area contributed by atoms with Crippen LogP contribution in [0.4, 0.5) is 5.82 Å². The highest BCUT2D eigenvalue weighted by atomic mass is 32.2. The van der Waals surface area contributed by atoms with Crippen molar-refractivity contribution in [2.45, 2.75) is 18.7 Å². The number of aryl methyl sites for hydroxylation is 2. The van der Waals surface area contributed by atoms with Crippen molar-refractivity contribution in [2.75, 3.05) is 31.1 Å². The van der Waals surface area contributed by atoms with Gasteiger partial charge in [-0.1, -0.05) is 17.7 Å². The van der Waals surface area contributed by atoms with Crippen LogP contribution in [0.2, 0.25) is 0 Å². The maximum atomic E-state index is 12.8. The fraction of sp³-hybridized carbons (Fsp3) is 0.316. The molecule has 3 heterocycles. The monoisotopic (exact) mass is 398 g/mol. The molecular weight excluding hydrogens is 376 g/mol. The molecule has 28 heavy (non-hydrogen) atoms. The molecule has 2 aromatic heterocycles. The summed E-state index contributed by atoms with van der Waals surface area (Å²) in [6.07, 6.45) is 1.84. The van der Waals surface area contributed by atoms with Crippen molar-refractivity contribution < 1.29 is 8.42 Å². The van der Waals surface area contributed by atoms with Gasteiger partial charge in [-0.2, -0.15) is 9.40 Å². The molecule has 0 saturated carbocycles. The molecule has 1 aliphatic heterocycles. The number of hydrogen-bond acceptors (Lipinski definition) is 6. The molecule has 4 rings (SSSR count). The molecule has 0 atom stereocenters. The van der Waals surface area contributed by atoms with Gasteiger partial charge in [-0.15, -0.1) is 10.2 Å². The zero-order valence-corrected chi connectivity index (χ0v) is 16.7. The summed E-state index contributed by atoms with van der Waals surface area (Å²) >= 11 is 0. The average Bonchev–Trinajstić information content (AvgIpc) is 3.15. The molecule has 1 aromatic carbocycles. The van der Waals surface area contributed by atoms with Gasteiger partial charge < -0.3 is 4.90 Å². The number of benzene rings is 1. The summed E-state index contributed by atoms with van der Waals surface area (Å²) in [6, 6.07) is 12.6. The fourth-order valence-electron chi connectivity index (χ4n) is 3.17. The molecule has 0 unspecified atom stereocenters. The largest absolute Gasteiger partial charge is 0.352 e. The highest BCUT2D eigenvalue weighted by Crippen LogP contribution is 2.20. The van der Waals surface area contributed by atoms with E-state index in [-0.39, 0.29) is 0 Å². The van der Waals surface area contributed by atoms with Crippen LogP contribution in [-0.4, -0.2) is 58.9 Å². The molecule has 0 spiro atoms. The van der Waals surface area contributed by atoms with Crippen molar-refractivity contribution in [1.29, 1.82) is 0 Å². The molecule has 0 radical (unpaired) electrons. The van der Waals surface area contributed by atoms with Crippen LogP contribution in [-0.2, 0) is 10.0 Å². The molecule has 146 valence electrons. The lowest BCUT2D eigenvalue weighted by molar-refractivity contribution is 0.383. The molecule has 0 N–H and O–H groups in total. The number of hydrogen-bond donors (Lipinski definition) is 0. The Morgan fingerprint density at radius 3 is 2.04 bits per heavy atom. The number of sulfonamides is 1. The van der Waals surface area contributed by atoms with E-state index in [0.717, 1.165) is 17.1 Å². The van der Waals surface area contributed by atoms with E-state index in [1.165, 1.54) is 4.31 Å². The van der Waals surface area contributed by atoms with E-state index in [2.05, 4.69) is 15.3 Å². The van der Waals surface area contributed by atoms with Gasteiger partial charge in [0.25, 0.3) is 0 Å². The third-order valence-corrected chi connectivity index (χ3v) is 6.73. The molecule has 0 aliphatic carbocycles. The topological polar surface area (TPSA) is 84.2 Å². The molecule has 3 aromatic rings. The van der Waals surface area contributed by atoms with Crippen molar-refractivity contribution in [3.8, 4) is 5.82 Å². The smallest absolute Gasteiger partial charge is 0.243 e. The molecule has 1 fully saturated rings. The van der Waals surface area contributed by atoms with Crippen LogP contribution >= 0.6 is 0 Å². The second-order valence-electron chi connectivity index (χ2n) is 6.86. The Morgan fingerprint density at radius 1 is 0.821 bits per heavy atom. The second-order valence-corrected chi connectivity index (χ2v) is 8.79. The van der Waals surface area contributed by atoms with Gasteiger partial charge in [0.05, 0.1) is 10.6 Å². The second kappa shape index (κ2) is 7.33. The van der Waals surface area contributed by atoms with E-state index in [1.54, 1.807) is 16.8 Å². The van der Waals surface area contributed by atoms with Crippen molar-refractivity contribution in [2.24, 2.45) is 0 Å². The standard InChI is InChI=1S/C19H22N6O2S/c1-15-3-5-17(6-4-15)28(26,27)24-13-11-23(12-14-24)18-7-8-19(21-20-18)25-10-9-16(2)22-25/h3-10H,11-14H2,1-2H3. The summed E-state index contributed by atoms with van der Waals surface area (Å²) in [7, 11) is -3.47. The minimum Gasteiger partial charge on any atom is -0.352 e. The normalized spacial score (nSPS) is 15.7. The maximum absolute atomic E-state index is 12.8. The van der Waals surface area contributed by atoms with Crippen LogP contribution in [0, 0.1) is 13.8 Å². The van der Waals surface area contributed by atoms with Crippen LogP contribution in [0.5, 0.6) is 0 Å². The Hall–Kier alpha value is -2.78. The van der Waals surface area contributed by atoms with Gasteiger partial charge in [0.15, 0.2) is 11.6 Å². The van der Waals surface area contributed by atoms with E-state index in [4.69, 9.17) is 0 Å². The van der Waals surface area contributed by atoms with Gasteiger partial charge in [-0.05, 0) is 44.2 Å². The highest BCUT2D eigenvalue weighted by Gasteiger charge is 2.29. The summed E-state index contributed by atoms with van der Waals surface area (Å²) in [5.41, 5.74) is 1.95. The Bertz CT molecular complexity index is 1050. The minimum atomic E-state index is -3.47. The van der Waals surface area contributed by atoms with Gasteiger partial charge in [0.1, 0.15) is 0 Å². The van der Waals surface area contributed by atoms with Crippen LogP contribution < -0.4 is 4.90 Å². The third kappa shape index (κ3) is 3.63. The molecular formula is C19H22N6O2S. The zero-order valence-electron chi connectivity index (χ0n) is 15.9. The molecule has 0 bridgehead atoms. The Labute approximate surface area is 164 Å². The number of rotatable bonds is 4. The van der Waals surface area contributed by atoms with Gasteiger partial charge in [0, 0.05) is 32.4 Å². The lowest BCUT2D eigenvalue weighted by atomic mass is 10.2. The van der Waals surface area contributed by atoms with E-state index < -0.39 is 10.0 Å². The molecule has 9 heteroatoms. The number of piperazine rings is 1. The Kier molecular flexibility index (Phi) is 4.86. The van der Waals surface area contributed by atoms with Gasteiger partial charge >= 0.3 is 0 Å². The summed E-state index contributed by atoms with van der Waals surface area (Å²) in [5.74, 6) is 1.39. The highest BCUT2D eigenvalue weighted by molar-refractivity contribution is 7.89. The predicted molar refractivity (Wildman–Crippen MR) is 106 cm³/mol. The summed E-state index contributed by atoms with van der Waals surface area (Å²) in [4.78, 5) is 2.39. The Balaban J connectivity index is 1.43. The molecule has 8 nitrogen and oxygen atoms in total. The van der Waals surface area contributed by atoms with E-state index in [1.807, 2.05) is 55.3 Å². The maximum Gasteiger partial charge on any atom is 0.243 e. The van der Waals surface area contributed by atoms with Gasteiger partial charge in [-0.25, -0.2) is 13.1 Å². The van der Waals surface area contributed by atoms with Crippen LogP contribution in [0.25, 0.3) is 5.82 Å². The molecule has 1 saturated heterocycles. The average molecular weight is 398 g/mol. The van der Waals surface area contributed by atoms with Crippen molar-refractivity contribution >= 4 is 15.8 Å². The van der Waals surface area contributed by atoms with Crippen LogP contribution in [0.15, 0.2) is 53.6 Å². The lowest BCUT2D eigenvalue weighted by Crippen LogP contribution is -2.49.